The zero-order valence-electron chi connectivity index (χ0n) is 14.0. The van der Waals surface area contributed by atoms with Gasteiger partial charge in [-0.25, -0.2) is 0 Å². The Kier molecular flexibility index (Phi) is 4.60. The van der Waals surface area contributed by atoms with E-state index in [9.17, 15) is 4.79 Å². The van der Waals surface area contributed by atoms with Crippen LogP contribution in [0.1, 0.15) is 37.3 Å². The van der Waals surface area contributed by atoms with Crippen molar-refractivity contribution in [3.05, 3.63) is 47.5 Å². The van der Waals surface area contributed by atoms with Gasteiger partial charge in [0.05, 0.1) is 11.4 Å². The summed E-state index contributed by atoms with van der Waals surface area (Å²) >= 11 is 0. The van der Waals surface area contributed by atoms with Crippen LogP contribution in [0.4, 0.5) is 11.4 Å². The predicted molar refractivity (Wildman–Crippen MR) is 94.5 cm³/mol. The number of carbonyl (C=O) groups is 1. The molecule has 2 aromatic carbocycles. The van der Waals surface area contributed by atoms with E-state index in [1.807, 2.05) is 6.92 Å². The van der Waals surface area contributed by atoms with Crippen LogP contribution in [0.15, 0.2) is 36.4 Å². The largest absolute Gasteiger partial charge is 0.454 e. The summed E-state index contributed by atoms with van der Waals surface area (Å²) < 4.78 is 10.6. The molecule has 0 radical (unpaired) electrons. The van der Waals surface area contributed by atoms with Gasteiger partial charge in [0.25, 0.3) is 0 Å². The van der Waals surface area contributed by atoms with Crippen LogP contribution in [-0.4, -0.2) is 12.7 Å². The van der Waals surface area contributed by atoms with Gasteiger partial charge >= 0.3 is 0 Å². The van der Waals surface area contributed by atoms with Crippen molar-refractivity contribution in [2.75, 3.05) is 17.8 Å². The third kappa shape index (κ3) is 3.45. The van der Waals surface area contributed by atoms with Gasteiger partial charge in [-0.2, -0.15) is 0 Å². The summed E-state index contributed by atoms with van der Waals surface area (Å²) in [7, 11) is 0. The average molecular weight is 326 g/mol. The normalized spacial score (nSPS) is 13.6. The first kappa shape index (κ1) is 16.2. The zero-order chi connectivity index (χ0) is 17.1. The zero-order valence-corrected chi connectivity index (χ0v) is 14.0. The number of nitrogen functional groups attached to an aromatic ring is 1. The Hall–Kier alpha value is -2.69. The number of anilines is 2. The van der Waals surface area contributed by atoms with Gasteiger partial charge in [0.15, 0.2) is 11.5 Å². The topological polar surface area (TPSA) is 73.6 Å². The Morgan fingerprint density at radius 1 is 1.21 bits per heavy atom. The highest BCUT2D eigenvalue weighted by Crippen LogP contribution is 2.38. The number of nitrogens with one attached hydrogen (secondary N) is 1. The minimum atomic E-state index is -0.0763. The maximum absolute atomic E-state index is 12.3. The van der Waals surface area contributed by atoms with E-state index in [1.54, 1.807) is 12.1 Å². The van der Waals surface area contributed by atoms with Gasteiger partial charge in [0.2, 0.25) is 12.7 Å². The highest BCUT2D eigenvalue weighted by Gasteiger charge is 2.18. The van der Waals surface area contributed by atoms with Gasteiger partial charge < -0.3 is 20.5 Å². The molecule has 0 saturated heterocycles. The molecule has 0 aromatic heterocycles. The minimum Gasteiger partial charge on any atom is -0.454 e. The van der Waals surface area contributed by atoms with Crippen molar-refractivity contribution in [1.29, 1.82) is 0 Å². The molecule has 1 aliphatic heterocycles. The third-order valence-electron chi connectivity index (χ3n) is 4.27. The first-order valence-corrected chi connectivity index (χ1v) is 8.14. The van der Waals surface area contributed by atoms with E-state index in [0.717, 1.165) is 12.0 Å². The van der Waals surface area contributed by atoms with Crippen LogP contribution in [0.25, 0.3) is 0 Å². The number of hydrogen-bond acceptors (Lipinski definition) is 4. The Morgan fingerprint density at radius 3 is 2.54 bits per heavy atom. The van der Waals surface area contributed by atoms with Crippen molar-refractivity contribution in [3.63, 3.8) is 0 Å². The average Bonchev–Trinajstić information content (AvgIpc) is 3.02. The molecule has 1 heterocycles. The minimum absolute atomic E-state index is 0.0763. The van der Waals surface area contributed by atoms with E-state index in [-0.39, 0.29) is 18.6 Å². The van der Waals surface area contributed by atoms with Crippen LogP contribution in [0.3, 0.4) is 0 Å². The lowest BCUT2D eigenvalue weighted by molar-refractivity contribution is -0.116. The lowest BCUT2D eigenvalue weighted by atomic mass is 9.96. The number of benzene rings is 2. The molecule has 24 heavy (non-hydrogen) atoms. The Balaban J connectivity index is 1.64. The first-order valence-electron chi connectivity index (χ1n) is 8.14. The highest BCUT2D eigenvalue weighted by atomic mass is 16.7. The van der Waals surface area contributed by atoms with E-state index in [1.165, 1.54) is 5.56 Å². The standard InChI is InChI=1S/C19H22N2O3/c1-3-13-4-6-14(7-5-13)12(2)8-19(22)21-16-10-18-17(9-15(16)20)23-11-24-18/h4-7,9-10,12H,3,8,11,20H2,1-2H3,(H,21,22). The lowest BCUT2D eigenvalue weighted by Crippen LogP contribution is -2.15. The fourth-order valence-corrected chi connectivity index (χ4v) is 2.74. The quantitative estimate of drug-likeness (QED) is 0.822. The van der Waals surface area contributed by atoms with Crippen LogP contribution < -0.4 is 20.5 Å². The monoisotopic (exact) mass is 326 g/mol. The molecule has 0 aliphatic carbocycles. The van der Waals surface area contributed by atoms with Gasteiger partial charge in [-0.05, 0) is 23.5 Å². The third-order valence-corrected chi connectivity index (χ3v) is 4.27. The number of aryl methyl sites for hydroxylation is 1. The van der Waals surface area contributed by atoms with Crippen LogP contribution in [0.2, 0.25) is 0 Å². The molecule has 0 spiro atoms. The highest BCUT2D eigenvalue weighted by molar-refractivity contribution is 5.95. The second-order valence-electron chi connectivity index (χ2n) is 6.04. The Morgan fingerprint density at radius 2 is 1.88 bits per heavy atom. The number of nitrogens with two attached hydrogens (primary N) is 1. The van der Waals surface area contributed by atoms with Crippen molar-refractivity contribution in [3.8, 4) is 11.5 Å². The Bertz CT molecular complexity index is 741. The number of ether oxygens (including phenoxy) is 2. The number of fused-ring (bicyclic) bond motifs is 1. The molecule has 3 N–H and O–H groups in total. The summed E-state index contributed by atoms with van der Waals surface area (Å²) in [4.78, 5) is 12.3. The van der Waals surface area contributed by atoms with Crippen LogP contribution in [0.5, 0.6) is 11.5 Å². The number of rotatable bonds is 5. The summed E-state index contributed by atoms with van der Waals surface area (Å²) in [5.74, 6) is 1.26. The molecule has 1 aliphatic rings. The van der Waals surface area contributed by atoms with Crippen LogP contribution in [0, 0.1) is 0 Å². The lowest BCUT2D eigenvalue weighted by Gasteiger charge is -2.14. The summed E-state index contributed by atoms with van der Waals surface area (Å²) in [5, 5.41) is 2.86. The molecule has 1 atom stereocenters. The van der Waals surface area contributed by atoms with Gasteiger partial charge in [0.1, 0.15) is 0 Å². The molecule has 3 rings (SSSR count). The first-order chi connectivity index (χ1) is 11.6. The molecule has 1 unspecified atom stereocenters. The molecule has 126 valence electrons. The van der Waals surface area contributed by atoms with E-state index < -0.39 is 0 Å². The summed E-state index contributed by atoms with van der Waals surface area (Å²) in [5.41, 5.74) is 9.43. The second kappa shape index (κ2) is 6.83. The smallest absolute Gasteiger partial charge is 0.231 e. The summed E-state index contributed by atoms with van der Waals surface area (Å²) in [6.07, 6.45) is 1.40. The van der Waals surface area contributed by atoms with Gasteiger partial charge in [0, 0.05) is 18.6 Å². The van der Waals surface area contributed by atoms with Gasteiger partial charge in [-0.3, -0.25) is 4.79 Å². The maximum atomic E-state index is 12.3. The van der Waals surface area contributed by atoms with Crippen molar-refractivity contribution in [2.45, 2.75) is 32.6 Å². The van der Waals surface area contributed by atoms with Crippen molar-refractivity contribution < 1.29 is 14.3 Å². The molecule has 0 saturated carbocycles. The van der Waals surface area contributed by atoms with E-state index in [0.29, 0.717) is 29.3 Å². The number of hydrogen-bond donors (Lipinski definition) is 2. The molecular formula is C19H22N2O3. The fraction of sp³-hybridized carbons (Fsp3) is 0.316. The molecule has 1 amide bonds. The maximum Gasteiger partial charge on any atom is 0.231 e. The van der Waals surface area contributed by atoms with E-state index in [2.05, 4.69) is 36.5 Å². The molecule has 5 nitrogen and oxygen atoms in total. The van der Waals surface area contributed by atoms with Crippen molar-refractivity contribution >= 4 is 17.3 Å². The van der Waals surface area contributed by atoms with Gasteiger partial charge in [-0.1, -0.05) is 38.1 Å². The number of carbonyl (C=O) groups excluding carboxylic acids is 1. The fourth-order valence-electron chi connectivity index (χ4n) is 2.74. The summed E-state index contributed by atoms with van der Waals surface area (Å²) in [6, 6.07) is 11.8. The van der Waals surface area contributed by atoms with Crippen molar-refractivity contribution in [2.24, 2.45) is 0 Å². The number of amides is 1. The predicted octanol–water partition coefficient (Wildman–Crippen LogP) is 3.69. The molecule has 5 heteroatoms. The SMILES string of the molecule is CCc1ccc(C(C)CC(=O)Nc2cc3c(cc2N)OCO3)cc1. The molecule has 0 bridgehead atoms. The molecule has 2 aromatic rings. The van der Waals surface area contributed by atoms with Crippen molar-refractivity contribution in [1.82, 2.24) is 0 Å². The second-order valence-corrected chi connectivity index (χ2v) is 6.04. The molecular weight excluding hydrogens is 304 g/mol. The van der Waals surface area contributed by atoms with E-state index in [4.69, 9.17) is 15.2 Å². The summed E-state index contributed by atoms with van der Waals surface area (Å²) in [6.45, 7) is 4.35. The van der Waals surface area contributed by atoms with Gasteiger partial charge in [-0.15, -0.1) is 0 Å². The molecule has 0 fully saturated rings. The van der Waals surface area contributed by atoms with Crippen LogP contribution in [-0.2, 0) is 11.2 Å². The Labute approximate surface area is 141 Å². The van der Waals surface area contributed by atoms with Crippen LogP contribution >= 0.6 is 0 Å². The van der Waals surface area contributed by atoms with E-state index >= 15 is 0 Å².